The molecule has 1 saturated heterocycles. The molecule has 34 heavy (non-hydrogen) atoms. The van der Waals surface area contributed by atoms with Crippen LogP contribution in [0.1, 0.15) is 28.9 Å². The van der Waals surface area contributed by atoms with Crippen molar-refractivity contribution in [2.75, 3.05) is 8.86 Å². The standard InChI is InChI=1S/C20H13F5IN5O3/c21-17(22)14-5-11(18(32)30-29-14)8-31-9-28-16(20(23,24)25)15(19(31)33)34-13-4-10(7-27)3-12(6-13)26-1-2-26/h3-6,9,17H,1-2,8H2,(H,30,32). The van der Waals surface area contributed by atoms with Crippen LogP contribution < -0.4 is 15.9 Å². The van der Waals surface area contributed by atoms with Crippen molar-refractivity contribution in [3.05, 3.63) is 77.4 Å². The summed E-state index contributed by atoms with van der Waals surface area (Å²) in [5, 5.41) is 14.3. The van der Waals surface area contributed by atoms with E-state index in [1.165, 1.54) is 12.1 Å². The summed E-state index contributed by atoms with van der Waals surface area (Å²) in [5.41, 5.74) is -4.72. The first-order valence-corrected chi connectivity index (χ1v) is 13.6. The molecule has 0 saturated carbocycles. The van der Waals surface area contributed by atoms with Crippen molar-refractivity contribution in [1.29, 1.82) is 5.26 Å². The number of nitriles is 1. The third-order valence-corrected chi connectivity index (χ3v) is 9.18. The molecule has 1 aliphatic rings. The normalized spacial score (nSPS) is 14.2. The molecule has 8 nitrogen and oxygen atoms in total. The molecule has 0 spiro atoms. The van der Waals surface area contributed by atoms with Gasteiger partial charge in [-0.3, -0.25) is 0 Å². The zero-order chi connectivity index (χ0) is 24.6. The second kappa shape index (κ2) is 9.12. The molecule has 0 radical (unpaired) electrons. The summed E-state index contributed by atoms with van der Waals surface area (Å²) in [6.07, 6.45) is -7.52. The fourth-order valence-electron chi connectivity index (χ4n) is 2.97. The number of ether oxygens (including phenoxy) is 1. The van der Waals surface area contributed by atoms with E-state index in [2.05, 4.69) is 10.1 Å². The molecule has 1 N–H and O–H groups in total. The van der Waals surface area contributed by atoms with Gasteiger partial charge in [0.2, 0.25) is 0 Å². The van der Waals surface area contributed by atoms with E-state index >= 15 is 0 Å². The number of aromatic amines is 1. The third-order valence-electron chi connectivity index (χ3n) is 4.64. The number of benzene rings is 1. The Hall–Kier alpha value is -3.35. The van der Waals surface area contributed by atoms with Crippen LogP contribution in [0.3, 0.4) is 0 Å². The van der Waals surface area contributed by atoms with E-state index in [0.29, 0.717) is 10.9 Å². The average molecular weight is 593 g/mol. The van der Waals surface area contributed by atoms with Crippen LogP contribution in [0.4, 0.5) is 22.0 Å². The van der Waals surface area contributed by atoms with Gasteiger partial charge < -0.3 is 0 Å². The van der Waals surface area contributed by atoms with Gasteiger partial charge in [-0.1, -0.05) is 0 Å². The quantitative estimate of drug-likeness (QED) is 0.265. The van der Waals surface area contributed by atoms with Gasteiger partial charge in [-0.25, -0.2) is 8.78 Å². The Kier molecular flexibility index (Phi) is 6.39. The zero-order valence-corrected chi connectivity index (χ0v) is 19.0. The van der Waals surface area contributed by atoms with Crippen LogP contribution in [-0.4, -0.2) is 28.6 Å². The van der Waals surface area contributed by atoms with Crippen molar-refractivity contribution in [3.8, 4) is 17.6 Å². The molecule has 2 aromatic heterocycles. The van der Waals surface area contributed by atoms with E-state index in [-0.39, 0.29) is 16.9 Å². The molecular formula is C20H13F5IN5O3. The van der Waals surface area contributed by atoms with Crippen molar-refractivity contribution < 1.29 is 26.7 Å². The molecule has 4 rings (SSSR count). The number of alkyl halides is 7. The van der Waals surface area contributed by atoms with Crippen molar-refractivity contribution in [1.82, 2.24) is 19.7 Å². The zero-order valence-electron chi connectivity index (χ0n) is 16.9. The second-order valence-corrected chi connectivity index (χ2v) is 13.0. The molecule has 0 aliphatic carbocycles. The van der Waals surface area contributed by atoms with Gasteiger partial charge in [0, 0.05) is 0 Å². The van der Waals surface area contributed by atoms with Gasteiger partial charge in [0.25, 0.3) is 0 Å². The molecule has 1 fully saturated rings. The number of rotatable bonds is 6. The van der Waals surface area contributed by atoms with Crippen LogP contribution >= 0.6 is 19.8 Å². The van der Waals surface area contributed by atoms with E-state index in [1.54, 1.807) is 6.07 Å². The molecule has 1 aromatic carbocycles. The molecule has 3 aromatic rings. The summed E-state index contributed by atoms with van der Waals surface area (Å²) < 4.78 is 75.4. The molecule has 0 unspecified atom stereocenters. The fraction of sp³-hybridized carbons (Fsp3) is 0.250. The number of nitrogens with one attached hydrogen (secondary N) is 1. The fourth-order valence-corrected chi connectivity index (χ4v) is 7.31. The van der Waals surface area contributed by atoms with Crippen LogP contribution in [-0.2, 0) is 12.7 Å². The van der Waals surface area contributed by atoms with Crippen molar-refractivity contribution in [3.63, 3.8) is 0 Å². The monoisotopic (exact) mass is 593 g/mol. The number of nitrogens with zero attached hydrogens (tertiary/aromatic N) is 4. The van der Waals surface area contributed by atoms with Crippen molar-refractivity contribution >= 4 is 19.8 Å². The van der Waals surface area contributed by atoms with E-state index < -0.39 is 67.2 Å². The van der Waals surface area contributed by atoms with Crippen LogP contribution in [0.25, 0.3) is 0 Å². The number of halogens is 6. The summed E-state index contributed by atoms with van der Waals surface area (Å²) in [7, 11) is 0. The van der Waals surface area contributed by atoms with E-state index in [4.69, 9.17) is 4.74 Å². The molecule has 178 valence electrons. The van der Waals surface area contributed by atoms with Crippen molar-refractivity contribution in [2.45, 2.75) is 19.1 Å². The molecule has 0 atom stereocenters. The summed E-state index contributed by atoms with van der Waals surface area (Å²) in [4.78, 5) is 28.2. The van der Waals surface area contributed by atoms with Gasteiger partial charge in [0.05, 0.1) is 0 Å². The Morgan fingerprint density at radius 3 is 2.56 bits per heavy atom. The first-order valence-electron chi connectivity index (χ1n) is 9.45. The maximum atomic E-state index is 13.6. The molecule has 0 amide bonds. The van der Waals surface area contributed by atoms with Crippen molar-refractivity contribution in [2.24, 2.45) is 0 Å². The maximum absolute atomic E-state index is 13.6. The van der Waals surface area contributed by atoms with E-state index in [9.17, 15) is 36.8 Å². The Bertz CT molecular complexity index is 1410. The van der Waals surface area contributed by atoms with E-state index in [1.807, 2.05) is 11.2 Å². The number of aromatic nitrogens is 4. The number of hydrogen-bond donors (Lipinski definition) is 1. The third kappa shape index (κ3) is 5.08. The van der Waals surface area contributed by atoms with Crippen LogP contribution in [0.5, 0.6) is 11.5 Å². The van der Waals surface area contributed by atoms with Crippen LogP contribution in [0.2, 0.25) is 0 Å². The second-order valence-electron chi connectivity index (χ2n) is 7.02. The van der Waals surface area contributed by atoms with Gasteiger partial charge >= 0.3 is 186 Å². The molecule has 14 heteroatoms. The number of H-pyrrole nitrogens is 1. The average Bonchev–Trinajstić information content (AvgIpc) is 3.62. The first kappa shape index (κ1) is 23.8. The molecular weight excluding hydrogens is 580 g/mol. The molecule has 1 aliphatic heterocycles. The summed E-state index contributed by atoms with van der Waals surface area (Å²) in [5.74, 6) is -1.28. The number of hydrogen-bond acceptors (Lipinski definition) is 6. The van der Waals surface area contributed by atoms with Gasteiger partial charge in [-0.15, -0.1) is 0 Å². The van der Waals surface area contributed by atoms with Gasteiger partial charge in [-0.2, -0.15) is 0 Å². The van der Waals surface area contributed by atoms with Gasteiger partial charge in [-0.05, 0) is 0 Å². The predicted molar refractivity (Wildman–Crippen MR) is 116 cm³/mol. The Labute approximate surface area is 194 Å². The Balaban J connectivity index is 1.78. The minimum atomic E-state index is -5.05. The molecule has 0 bridgehead atoms. The van der Waals surface area contributed by atoms with Crippen LogP contribution in [0, 0.1) is 14.9 Å². The van der Waals surface area contributed by atoms with E-state index in [0.717, 1.165) is 18.5 Å². The van der Waals surface area contributed by atoms with Gasteiger partial charge in [0.1, 0.15) is 0 Å². The Morgan fingerprint density at radius 1 is 1.21 bits per heavy atom. The SMILES string of the molecule is N#Cc1cc(Oc2c(C(F)(F)F)ncn(Cc3cc(C(F)F)n[nH]c3=O)c2=O)cc(I2CC2)c1. The van der Waals surface area contributed by atoms with Gasteiger partial charge in [0.15, 0.2) is 0 Å². The predicted octanol–water partition coefficient (Wildman–Crippen LogP) is 3.68. The summed E-state index contributed by atoms with van der Waals surface area (Å²) >= 11 is -1.43. The summed E-state index contributed by atoms with van der Waals surface area (Å²) in [6.45, 7) is -0.655. The Morgan fingerprint density at radius 2 is 1.94 bits per heavy atom. The van der Waals surface area contributed by atoms with Crippen LogP contribution in [0.15, 0.2) is 40.2 Å². The first-order chi connectivity index (χ1) is 16.1. The topological polar surface area (TPSA) is 114 Å². The summed E-state index contributed by atoms with van der Waals surface area (Å²) in [6, 6.07) is 7.05. The molecule has 3 heterocycles. The minimum absolute atomic E-state index is 0.123.